The summed E-state index contributed by atoms with van der Waals surface area (Å²) in [7, 11) is 0. The van der Waals surface area contributed by atoms with Gasteiger partial charge in [0.15, 0.2) is 0 Å². The van der Waals surface area contributed by atoms with Gasteiger partial charge in [-0.2, -0.15) is 0 Å². The molecule has 0 spiro atoms. The van der Waals surface area contributed by atoms with Crippen LogP contribution in [0.25, 0.3) is 0 Å². The molecule has 28 heavy (non-hydrogen) atoms. The molecule has 5 nitrogen and oxygen atoms in total. The summed E-state index contributed by atoms with van der Waals surface area (Å²) in [4.78, 5) is 26.1. The molecule has 0 aromatic heterocycles. The zero-order valence-corrected chi connectivity index (χ0v) is 15.1. The lowest BCUT2D eigenvalue weighted by Crippen LogP contribution is -2.43. The van der Waals surface area contributed by atoms with Gasteiger partial charge in [-0.15, -0.1) is 0 Å². The molecule has 0 fully saturated rings. The van der Waals surface area contributed by atoms with Crippen LogP contribution in [-0.4, -0.2) is 11.8 Å². The number of anilines is 3. The van der Waals surface area contributed by atoms with Gasteiger partial charge in [-0.1, -0.05) is 24.3 Å². The summed E-state index contributed by atoms with van der Waals surface area (Å²) in [5.41, 5.74) is 3.36. The van der Waals surface area contributed by atoms with E-state index >= 15 is 0 Å². The first-order valence-corrected chi connectivity index (χ1v) is 8.85. The second kappa shape index (κ2) is 7.15. The Bertz CT molecular complexity index is 1030. The SMILES string of the molecule is CC(=O)Nc1ccc(N2C(=O)c3ccccc3N[C@H]2c2ccc(F)cc2)cc1. The Morgan fingerprint density at radius 3 is 2.36 bits per heavy atom. The van der Waals surface area contributed by atoms with Crippen molar-refractivity contribution in [1.82, 2.24) is 0 Å². The summed E-state index contributed by atoms with van der Waals surface area (Å²) in [6.07, 6.45) is -0.491. The summed E-state index contributed by atoms with van der Waals surface area (Å²) in [6.45, 7) is 1.44. The molecule has 0 saturated heterocycles. The lowest BCUT2D eigenvalue weighted by Gasteiger charge is -2.38. The van der Waals surface area contributed by atoms with Crippen LogP contribution >= 0.6 is 0 Å². The van der Waals surface area contributed by atoms with Crippen LogP contribution < -0.4 is 15.5 Å². The van der Waals surface area contributed by atoms with Gasteiger partial charge in [-0.25, -0.2) is 4.39 Å². The molecule has 3 aromatic rings. The maximum absolute atomic E-state index is 13.4. The molecule has 0 aliphatic carbocycles. The molecular formula is C22H18FN3O2. The van der Waals surface area contributed by atoms with E-state index in [2.05, 4.69) is 10.6 Å². The Balaban J connectivity index is 1.77. The predicted molar refractivity (Wildman–Crippen MR) is 107 cm³/mol. The fraction of sp³-hybridized carbons (Fsp3) is 0.0909. The van der Waals surface area contributed by atoms with E-state index in [1.165, 1.54) is 19.1 Å². The van der Waals surface area contributed by atoms with Gasteiger partial charge in [0, 0.05) is 24.0 Å². The maximum atomic E-state index is 13.4. The molecule has 1 aliphatic heterocycles. The van der Waals surface area contributed by atoms with Crippen LogP contribution in [-0.2, 0) is 4.79 Å². The Labute approximate surface area is 161 Å². The summed E-state index contributed by atoms with van der Waals surface area (Å²) in [6, 6.07) is 20.4. The van der Waals surface area contributed by atoms with E-state index in [0.717, 1.165) is 11.3 Å². The van der Waals surface area contributed by atoms with Crippen LogP contribution in [0.3, 0.4) is 0 Å². The Morgan fingerprint density at radius 2 is 1.68 bits per heavy atom. The number of nitrogens with one attached hydrogen (secondary N) is 2. The lowest BCUT2D eigenvalue weighted by atomic mass is 10.0. The molecule has 2 N–H and O–H groups in total. The van der Waals surface area contributed by atoms with Crippen molar-refractivity contribution in [3.05, 3.63) is 89.7 Å². The number of carbonyl (C=O) groups is 2. The van der Waals surface area contributed by atoms with Crippen molar-refractivity contribution in [2.45, 2.75) is 13.1 Å². The quantitative estimate of drug-likeness (QED) is 0.706. The highest BCUT2D eigenvalue weighted by molar-refractivity contribution is 6.12. The number of amides is 2. The number of hydrogen-bond acceptors (Lipinski definition) is 3. The van der Waals surface area contributed by atoms with Crippen molar-refractivity contribution in [1.29, 1.82) is 0 Å². The summed E-state index contributed by atoms with van der Waals surface area (Å²) >= 11 is 0. The number of rotatable bonds is 3. The molecule has 2 amide bonds. The third-order valence-corrected chi connectivity index (χ3v) is 4.58. The first kappa shape index (κ1) is 17.7. The first-order chi connectivity index (χ1) is 13.5. The summed E-state index contributed by atoms with van der Waals surface area (Å²) in [5, 5.41) is 6.08. The molecule has 0 bridgehead atoms. The van der Waals surface area contributed by atoms with Crippen molar-refractivity contribution >= 4 is 28.9 Å². The van der Waals surface area contributed by atoms with Crippen molar-refractivity contribution in [2.24, 2.45) is 0 Å². The highest BCUT2D eigenvalue weighted by Gasteiger charge is 2.33. The van der Waals surface area contributed by atoms with Crippen LogP contribution in [0.4, 0.5) is 21.5 Å². The number of carbonyl (C=O) groups excluding carboxylic acids is 2. The summed E-state index contributed by atoms with van der Waals surface area (Å²) in [5.74, 6) is -0.657. The van der Waals surface area contributed by atoms with Gasteiger partial charge < -0.3 is 10.6 Å². The first-order valence-electron chi connectivity index (χ1n) is 8.85. The van der Waals surface area contributed by atoms with Gasteiger partial charge in [-0.3, -0.25) is 14.5 Å². The molecule has 1 atom stereocenters. The zero-order chi connectivity index (χ0) is 19.7. The number of hydrogen-bond donors (Lipinski definition) is 2. The molecule has 0 saturated carbocycles. The largest absolute Gasteiger partial charge is 0.360 e. The normalized spacial score (nSPS) is 15.6. The predicted octanol–water partition coefficient (Wildman–Crippen LogP) is 4.56. The van der Waals surface area contributed by atoms with Crippen LogP contribution in [0, 0.1) is 5.82 Å². The van der Waals surface area contributed by atoms with Crippen molar-refractivity contribution in [2.75, 3.05) is 15.5 Å². The maximum Gasteiger partial charge on any atom is 0.262 e. The molecule has 3 aromatic carbocycles. The topological polar surface area (TPSA) is 61.4 Å². The van der Waals surface area contributed by atoms with Crippen LogP contribution in [0.15, 0.2) is 72.8 Å². The molecule has 6 heteroatoms. The number of fused-ring (bicyclic) bond motifs is 1. The molecule has 140 valence electrons. The minimum Gasteiger partial charge on any atom is -0.360 e. The van der Waals surface area contributed by atoms with Crippen LogP contribution in [0.5, 0.6) is 0 Å². The molecule has 0 unspecified atom stereocenters. The van der Waals surface area contributed by atoms with Crippen LogP contribution in [0.2, 0.25) is 0 Å². The number of halogens is 1. The van der Waals surface area contributed by atoms with E-state index in [1.54, 1.807) is 47.4 Å². The second-order valence-electron chi connectivity index (χ2n) is 6.55. The number of benzene rings is 3. The molecule has 4 rings (SSSR count). The molecule has 0 radical (unpaired) electrons. The third kappa shape index (κ3) is 3.32. The van der Waals surface area contributed by atoms with Gasteiger partial charge in [-0.05, 0) is 54.1 Å². The van der Waals surface area contributed by atoms with E-state index in [0.29, 0.717) is 16.9 Å². The van der Waals surface area contributed by atoms with E-state index in [4.69, 9.17) is 0 Å². The van der Waals surface area contributed by atoms with Gasteiger partial charge in [0.25, 0.3) is 5.91 Å². The summed E-state index contributed by atoms with van der Waals surface area (Å²) < 4.78 is 13.4. The van der Waals surface area contributed by atoms with E-state index in [9.17, 15) is 14.0 Å². The Kier molecular flexibility index (Phi) is 4.53. The fourth-order valence-electron chi connectivity index (χ4n) is 3.31. The molecule has 1 heterocycles. The number of nitrogens with zero attached hydrogens (tertiary/aromatic N) is 1. The molecular weight excluding hydrogens is 357 g/mol. The highest BCUT2D eigenvalue weighted by atomic mass is 19.1. The fourth-order valence-corrected chi connectivity index (χ4v) is 3.31. The van der Waals surface area contributed by atoms with Crippen molar-refractivity contribution < 1.29 is 14.0 Å². The van der Waals surface area contributed by atoms with Crippen molar-refractivity contribution in [3.63, 3.8) is 0 Å². The zero-order valence-electron chi connectivity index (χ0n) is 15.1. The van der Waals surface area contributed by atoms with Crippen molar-refractivity contribution in [3.8, 4) is 0 Å². The van der Waals surface area contributed by atoms with E-state index in [-0.39, 0.29) is 17.6 Å². The second-order valence-corrected chi connectivity index (χ2v) is 6.55. The minimum absolute atomic E-state index is 0.157. The van der Waals surface area contributed by atoms with Gasteiger partial charge in [0.05, 0.1) is 5.56 Å². The highest BCUT2D eigenvalue weighted by Crippen LogP contribution is 2.36. The average Bonchev–Trinajstić information content (AvgIpc) is 2.69. The average molecular weight is 375 g/mol. The Hall–Kier alpha value is -3.67. The monoisotopic (exact) mass is 375 g/mol. The molecule has 1 aliphatic rings. The van der Waals surface area contributed by atoms with E-state index < -0.39 is 6.17 Å². The third-order valence-electron chi connectivity index (χ3n) is 4.58. The van der Waals surface area contributed by atoms with Gasteiger partial charge >= 0.3 is 0 Å². The van der Waals surface area contributed by atoms with E-state index in [1.807, 2.05) is 18.2 Å². The van der Waals surface area contributed by atoms with Crippen LogP contribution in [0.1, 0.15) is 29.0 Å². The number of para-hydroxylation sites is 1. The Morgan fingerprint density at radius 1 is 1.00 bits per heavy atom. The minimum atomic E-state index is -0.491. The van der Waals surface area contributed by atoms with Gasteiger partial charge in [0.2, 0.25) is 5.91 Å². The lowest BCUT2D eigenvalue weighted by molar-refractivity contribution is -0.114. The smallest absolute Gasteiger partial charge is 0.262 e. The van der Waals surface area contributed by atoms with Gasteiger partial charge in [0.1, 0.15) is 12.0 Å². The standard InChI is InChI=1S/C22H18FN3O2/c1-14(27)24-17-10-12-18(13-11-17)26-21(15-6-8-16(23)9-7-15)25-20-5-3-2-4-19(20)22(26)28/h2-13,21,25H,1H3,(H,24,27)/t21-/m1/s1.